The lowest BCUT2D eigenvalue weighted by atomic mass is 10.0. The first-order valence-corrected chi connectivity index (χ1v) is 5.88. The summed E-state index contributed by atoms with van der Waals surface area (Å²) >= 11 is 0. The van der Waals surface area contributed by atoms with Gasteiger partial charge in [-0.05, 0) is 19.8 Å². The van der Waals surface area contributed by atoms with Crippen LogP contribution in [-0.2, 0) is 9.53 Å². The Bertz CT molecular complexity index is 306. The Hall–Kier alpha value is -1.30. The number of rotatable bonds is 4. The Morgan fingerprint density at radius 2 is 2.35 bits per heavy atom. The van der Waals surface area contributed by atoms with Gasteiger partial charge in [-0.25, -0.2) is 0 Å². The number of hydrogen-bond acceptors (Lipinski definition) is 4. The van der Waals surface area contributed by atoms with E-state index in [1.54, 1.807) is 11.9 Å². The summed E-state index contributed by atoms with van der Waals surface area (Å²) in [5, 5.41) is 11.6. The Morgan fingerprint density at radius 1 is 1.71 bits per heavy atom. The minimum Gasteiger partial charge on any atom is -0.409 e. The molecular formula is C11H21N3O3. The summed E-state index contributed by atoms with van der Waals surface area (Å²) in [6.07, 6.45) is 1.38. The molecule has 6 nitrogen and oxygen atoms in total. The summed E-state index contributed by atoms with van der Waals surface area (Å²) in [6.45, 7) is 4.46. The largest absolute Gasteiger partial charge is 0.409 e. The van der Waals surface area contributed by atoms with E-state index in [0.29, 0.717) is 13.0 Å². The molecule has 17 heavy (non-hydrogen) atoms. The standard InChI is InChI=1S/C11H21N3O3/c1-4-8(10(12)13-16)11(15)14(3)9-5-6-17-7(9)2/h7-9,16H,4-6H2,1-3H3,(H2,12,13). The number of carbonyl (C=O) groups excluding carboxylic acids is 1. The van der Waals surface area contributed by atoms with Gasteiger partial charge < -0.3 is 20.6 Å². The maximum atomic E-state index is 12.2. The molecule has 3 unspecified atom stereocenters. The van der Waals surface area contributed by atoms with E-state index in [1.165, 1.54) is 0 Å². The van der Waals surface area contributed by atoms with Crippen LogP contribution in [0.15, 0.2) is 5.16 Å². The fraction of sp³-hybridized carbons (Fsp3) is 0.818. The minimum atomic E-state index is -0.558. The Balaban J connectivity index is 2.73. The monoisotopic (exact) mass is 243 g/mol. The van der Waals surface area contributed by atoms with Crippen LogP contribution in [0.4, 0.5) is 0 Å². The molecule has 3 N–H and O–H groups in total. The van der Waals surface area contributed by atoms with Gasteiger partial charge in [-0.3, -0.25) is 4.79 Å². The van der Waals surface area contributed by atoms with Crippen LogP contribution in [0.2, 0.25) is 0 Å². The van der Waals surface area contributed by atoms with Gasteiger partial charge in [0.25, 0.3) is 0 Å². The summed E-state index contributed by atoms with van der Waals surface area (Å²) in [7, 11) is 1.74. The van der Waals surface area contributed by atoms with Crippen molar-refractivity contribution in [3.8, 4) is 0 Å². The normalized spacial score (nSPS) is 26.9. The SMILES string of the molecule is CCC(C(=O)N(C)C1CCOC1C)C(N)=NO. The molecule has 1 fully saturated rings. The maximum Gasteiger partial charge on any atom is 0.233 e. The third-order valence-electron chi connectivity index (χ3n) is 3.36. The first-order chi connectivity index (χ1) is 8.02. The molecule has 1 heterocycles. The van der Waals surface area contributed by atoms with Gasteiger partial charge in [-0.2, -0.15) is 0 Å². The van der Waals surface area contributed by atoms with E-state index in [1.807, 2.05) is 13.8 Å². The average Bonchev–Trinajstić information content (AvgIpc) is 2.74. The maximum absolute atomic E-state index is 12.2. The zero-order valence-corrected chi connectivity index (χ0v) is 10.6. The predicted molar refractivity (Wildman–Crippen MR) is 63.8 cm³/mol. The number of amides is 1. The van der Waals surface area contributed by atoms with E-state index in [9.17, 15) is 4.79 Å². The van der Waals surface area contributed by atoms with Gasteiger partial charge in [0.1, 0.15) is 0 Å². The number of oxime groups is 1. The number of carbonyl (C=O) groups is 1. The van der Waals surface area contributed by atoms with Crippen molar-refractivity contribution in [2.75, 3.05) is 13.7 Å². The highest BCUT2D eigenvalue weighted by molar-refractivity contribution is 6.02. The summed E-state index contributed by atoms with van der Waals surface area (Å²) in [6, 6.07) is 0.0723. The molecule has 6 heteroatoms. The number of hydrogen-bond donors (Lipinski definition) is 2. The van der Waals surface area contributed by atoms with Crippen LogP contribution < -0.4 is 5.73 Å². The van der Waals surface area contributed by atoms with Gasteiger partial charge in [-0.1, -0.05) is 12.1 Å². The number of nitrogens with two attached hydrogens (primary N) is 1. The summed E-state index contributed by atoms with van der Waals surface area (Å²) < 4.78 is 5.43. The first kappa shape index (κ1) is 13.8. The Kier molecular flexibility index (Phi) is 4.74. The molecule has 0 saturated carbocycles. The fourth-order valence-corrected chi connectivity index (χ4v) is 2.22. The summed E-state index contributed by atoms with van der Waals surface area (Å²) in [5.41, 5.74) is 5.52. The molecule has 3 atom stereocenters. The quantitative estimate of drug-likeness (QED) is 0.324. The second-order valence-electron chi connectivity index (χ2n) is 4.37. The summed E-state index contributed by atoms with van der Waals surface area (Å²) in [5.74, 6) is -0.709. The van der Waals surface area contributed by atoms with E-state index in [0.717, 1.165) is 6.42 Å². The van der Waals surface area contributed by atoms with Crippen LogP contribution in [0.25, 0.3) is 0 Å². The van der Waals surface area contributed by atoms with E-state index < -0.39 is 5.92 Å². The summed E-state index contributed by atoms with van der Waals surface area (Å²) in [4.78, 5) is 13.9. The second-order valence-corrected chi connectivity index (χ2v) is 4.37. The topological polar surface area (TPSA) is 88.2 Å². The number of amidine groups is 1. The highest BCUT2D eigenvalue weighted by Crippen LogP contribution is 2.20. The minimum absolute atomic E-state index is 0.0316. The van der Waals surface area contributed by atoms with Crippen molar-refractivity contribution in [3.63, 3.8) is 0 Å². The third kappa shape index (κ3) is 2.88. The molecule has 1 aliphatic heterocycles. The predicted octanol–water partition coefficient (Wildman–Crippen LogP) is 0.395. The van der Waals surface area contributed by atoms with Crippen molar-refractivity contribution in [3.05, 3.63) is 0 Å². The van der Waals surface area contributed by atoms with Crippen LogP contribution >= 0.6 is 0 Å². The van der Waals surface area contributed by atoms with Crippen molar-refractivity contribution in [1.82, 2.24) is 4.90 Å². The lowest BCUT2D eigenvalue weighted by molar-refractivity contribution is -0.135. The average molecular weight is 243 g/mol. The number of nitrogens with zero attached hydrogens (tertiary/aromatic N) is 2. The van der Waals surface area contributed by atoms with Gasteiger partial charge in [0.2, 0.25) is 5.91 Å². The molecule has 98 valence electrons. The van der Waals surface area contributed by atoms with Crippen LogP contribution in [0.5, 0.6) is 0 Å². The molecule has 0 aromatic carbocycles. The third-order valence-corrected chi connectivity index (χ3v) is 3.36. The molecule has 1 amide bonds. The molecule has 0 radical (unpaired) electrons. The molecule has 0 aliphatic carbocycles. The van der Waals surface area contributed by atoms with Crippen LogP contribution in [0, 0.1) is 5.92 Å². The molecule has 0 bridgehead atoms. The molecule has 1 rings (SSSR count). The van der Waals surface area contributed by atoms with Crippen molar-refractivity contribution in [1.29, 1.82) is 0 Å². The molecule has 0 spiro atoms. The molecule has 1 aliphatic rings. The molecule has 0 aromatic rings. The van der Waals surface area contributed by atoms with E-state index in [2.05, 4.69) is 5.16 Å². The molecule has 1 saturated heterocycles. The smallest absolute Gasteiger partial charge is 0.233 e. The van der Waals surface area contributed by atoms with Crippen LogP contribution in [0.3, 0.4) is 0 Å². The van der Waals surface area contributed by atoms with Crippen molar-refractivity contribution in [2.45, 2.75) is 38.8 Å². The van der Waals surface area contributed by atoms with Crippen LogP contribution in [-0.4, -0.2) is 47.7 Å². The zero-order valence-electron chi connectivity index (χ0n) is 10.6. The molecule has 0 aromatic heterocycles. The van der Waals surface area contributed by atoms with Gasteiger partial charge >= 0.3 is 0 Å². The van der Waals surface area contributed by atoms with Gasteiger partial charge in [0.15, 0.2) is 5.84 Å². The number of likely N-dealkylation sites (N-methyl/N-ethyl adjacent to an activating group) is 1. The Morgan fingerprint density at radius 3 is 2.76 bits per heavy atom. The highest BCUT2D eigenvalue weighted by atomic mass is 16.5. The van der Waals surface area contributed by atoms with Crippen molar-refractivity contribution >= 4 is 11.7 Å². The van der Waals surface area contributed by atoms with Crippen molar-refractivity contribution < 1.29 is 14.7 Å². The van der Waals surface area contributed by atoms with E-state index in [-0.39, 0.29) is 23.9 Å². The lowest BCUT2D eigenvalue weighted by Gasteiger charge is -2.29. The second kappa shape index (κ2) is 5.86. The van der Waals surface area contributed by atoms with Crippen LogP contribution in [0.1, 0.15) is 26.7 Å². The van der Waals surface area contributed by atoms with Gasteiger partial charge in [0.05, 0.1) is 18.1 Å². The van der Waals surface area contributed by atoms with Crippen molar-refractivity contribution in [2.24, 2.45) is 16.8 Å². The highest BCUT2D eigenvalue weighted by Gasteiger charge is 2.34. The fourth-order valence-electron chi connectivity index (χ4n) is 2.22. The lowest BCUT2D eigenvalue weighted by Crippen LogP contribution is -2.47. The van der Waals surface area contributed by atoms with E-state index >= 15 is 0 Å². The first-order valence-electron chi connectivity index (χ1n) is 5.88. The Labute approximate surface area is 101 Å². The zero-order chi connectivity index (χ0) is 13.0. The van der Waals surface area contributed by atoms with Gasteiger partial charge in [0, 0.05) is 13.7 Å². The van der Waals surface area contributed by atoms with Gasteiger partial charge in [-0.15, -0.1) is 0 Å². The van der Waals surface area contributed by atoms with E-state index in [4.69, 9.17) is 15.7 Å². The number of ether oxygens (including phenoxy) is 1. The molecular weight excluding hydrogens is 222 g/mol.